The molecule has 0 radical (unpaired) electrons. The Morgan fingerprint density at radius 1 is 1.27 bits per heavy atom. The first-order valence-corrected chi connectivity index (χ1v) is 7.03. The number of amides is 3. The molecule has 1 saturated heterocycles. The lowest BCUT2D eigenvalue weighted by Crippen LogP contribution is -2.48. The number of hydrogen-bond acceptors (Lipinski definition) is 6. The van der Waals surface area contributed by atoms with Crippen molar-refractivity contribution in [2.24, 2.45) is 5.92 Å². The van der Waals surface area contributed by atoms with Crippen LogP contribution in [-0.4, -0.2) is 41.6 Å². The van der Waals surface area contributed by atoms with E-state index >= 15 is 0 Å². The molecule has 2 N–H and O–H groups in total. The molecular formula is C14H22N2O6. The molecule has 1 heterocycles. The van der Waals surface area contributed by atoms with Crippen LogP contribution >= 0.6 is 0 Å². The van der Waals surface area contributed by atoms with Crippen LogP contribution in [0.25, 0.3) is 0 Å². The van der Waals surface area contributed by atoms with Crippen LogP contribution in [0.5, 0.6) is 0 Å². The number of alkyl carbamates (subject to hydrolysis) is 1. The zero-order valence-electron chi connectivity index (χ0n) is 13.4. The molecule has 0 aromatic heterocycles. The summed E-state index contributed by atoms with van der Waals surface area (Å²) in [4.78, 5) is 46.3. The molecule has 2 atom stereocenters. The molecule has 1 aliphatic heterocycles. The van der Waals surface area contributed by atoms with Crippen molar-refractivity contribution >= 4 is 23.9 Å². The second-order valence-corrected chi connectivity index (χ2v) is 6.41. The number of carbonyl (C=O) groups excluding carboxylic acids is 4. The maximum atomic E-state index is 12.1. The Hall–Kier alpha value is -2.12. The van der Waals surface area contributed by atoms with Crippen LogP contribution in [0.15, 0.2) is 0 Å². The Morgan fingerprint density at radius 2 is 1.86 bits per heavy atom. The van der Waals surface area contributed by atoms with Crippen molar-refractivity contribution in [2.75, 3.05) is 0 Å². The molecule has 8 nitrogen and oxygen atoms in total. The highest BCUT2D eigenvalue weighted by Crippen LogP contribution is 2.13. The van der Waals surface area contributed by atoms with Gasteiger partial charge in [0.1, 0.15) is 11.6 Å². The highest BCUT2D eigenvalue weighted by atomic mass is 16.6. The van der Waals surface area contributed by atoms with Crippen molar-refractivity contribution in [1.82, 2.24) is 10.6 Å². The highest BCUT2D eigenvalue weighted by Gasteiger charge is 2.37. The quantitative estimate of drug-likeness (QED) is 0.577. The Labute approximate surface area is 128 Å². The maximum absolute atomic E-state index is 12.1. The normalized spacial score (nSPS) is 19.6. The molecule has 1 rings (SSSR count). The van der Waals surface area contributed by atoms with Gasteiger partial charge < -0.3 is 14.8 Å². The molecule has 0 spiro atoms. The molecule has 0 saturated carbocycles. The fraction of sp³-hybridized carbons (Fsp3) is 0.714. The molecule has 0 aromatic rings. The molecule has 3 amide bonds. The molecule has 1 fully saturated rings. The van der Waals surface area contributed by atoms with Gasteiger partial charge in [-0.15, -0.1) is 0 Å². The highest BCUT2D eigenvalue weighted by molar-refractivity contribution is 6.05. The van der Waals surface area contributed by atoms with Gasteiger partial charge in [-0.3, -0.25) is 14.9 Å². The van der Waals surface area contributed by atoms with E-state index in [1.807, 2.05) is 5.32 Å². The maximum Gasteiger partial charge on any atom is 0.408 e. The van der Waals surface area contributed by atoms with Gasteiger partial charge >= 0.3 is 12.1 Å². The molecule has 0 unspecified atom stereocenters. The Morgan fingerprint density at radius 3 is 2.27 bits per heavy atom. The summed E-state index contributed by atoms with van der Waals surface area (Å²) in [6.45, 7) is 8.52. The van der Waals surface area contributed by atoms with Gasteiger partial charge in [-0.05, 0) is 26.7 Å². The van der Waals surface area contributed by atoms with Gasteiger partial charge in [0.15, 0.2) is 6.10 Å². The first kappa shape index (κ1) is 17.9. The SMILES string of the molecule is CC(C)[C@H](NC(=O)OC(C)(C)C)C(=O)O[C@@H]1CC(=O)NC1=O. The van der Waals surface area contributed by atoms with E-state index in [0.717, 1.165) is 0 Å². The minimum absolute atomic E-state index is 0.207. The fourth-order valence-electron chi connectivity index (χ4n) is 1.77. The number of esters is 1. The van der Waals surface area contributed by atoms with Crippen LogP contribution in [-0.2, 0) is 23.9 Å². The summed E-state index contributed by atoms with van der Waals surface area (Å²) in [5, 5.41) is 4.47. The van der Waals surface area contributed by atoms with Crippen molar-refractivity contribution in [1.29, 1.82) is 0 Å². The lowest BCUT2D eigenvalue weighted by Gasteiger charge is -2.25. The number of ether oxygens (including phenoxy) is 2. The molecule has 22 heavy (non-hydrogen) atoms. The summed E-state index contributed by atoms with van der Waals surface area (Å²) < 4.78 is 10.1. The van der Waals surface area contributed by atoms with Gasteiger partial charge in [-0.1, -0.05) is 13.8 Å². The molecule has 0 bridgehead atoms. The van der Waals surface area contributed by atoms with E-state index in [1.54, 1.807) is 34.6 Å². The molecular weight excluding hydrogens is 292 g/mol. The first-order valence-electron chi connectivity index (χ1n) is 7.03. The van der Waals surface area contributed by atoms with E-state index in [0.29, 0.717) is 0 Å². The number of nitrogens with one attached hydrogen (secondary N) is 2. The summed E-state index contributed by atoms with van der Waals surface area (Å²) in [5.74, 6) is -2.21. The lowest BCUT2D eigenvalue weighted by atomic mass is 10.0. The lowest BCUT2D eigenvalue weighted by molar-refractivity contribution is -0.157. The number of rotatable bonds is 4. The first-order chi connectivity index (χ1) is 9.99. The molecule has 0 aromatic carbocycles. The standard InChI is InChI=1S/C14H22N2O6/c1-7(2)10(16-13(20)22-14(3,4)5)12(19)21-8-6-9(17)15-11(8)18/h7-8,10H,6H2,1-5H3,(H,16,20)(H,15,17,18)/t8-,10+/m1/s1. The van der Waals surface area contributed by atoms with Crippen LogP contribution < -0.4 is 10.6 Å². The van der Waals surface area contributed by atoms with E-state index in [2.05, 4.69) is 5.32 Å². The topological polar surface area (TPSA) is 111 Å². The number of hydrogen-bond donors (Lipinski definition) is 2. The van der Waals surface area contributed by atoms with E-state index in [9.17, 15) is 19.2 Å². The van der Waals surface area contributed by atoms with E-state index in [1.165, 1.54) is 0 Å². The second-order valence-electron chi connectivity index (χ2n) is 6.41. The third-order valence-electron chi connectivity index (χ3n) is 2.78. The third-order valence-corrected chi connectivity index (χ3v) is 2.78. The summed E-state index contributed by atoms with van der Waals surface area (Å²) >= 11 is 0. The third kappa shape index (κ3) is 5.34. The zero-order valence-corrected chi connectivity index (χ0v) is 13.4. The van der Waals surface area contributed by atoms with Gasteiger partial charge in [0, 0.05) is 0 Å². The zero-order chi connectivity index (χ0) is 17.1. The molecule has 1 aliphatic rings. The van der Waals surface area contributed by atoms with Crippen molar-refractivity contribution in [3.05, 3.63) is 0 Å². The van der Waals surface area contributed by atoms with Crippen LogP contribution in [0.3, 0.4) is 0 Å². The van der Waals surface area contributed by atoms with Crippen LogP contribution in [0.2, 0.25) is 0 Å². The molecule has 8 heteroatoms. The van der Waals surface area contributed by atoms with E-state index < -0.39 is 41.6 Å². The molecule has 124 valence electrons. The Bertz CT molecular complexity index is 480. The largest absolute Gasteiger partial charge is 0.450 e. The smallest absolute Gasteiger partial charge is 0.408 e. The monoisotopic (exact) mass is 314 g/mol. The summed E-state index contributed by atoms with van der Waals surface area (Å²) in [5.41, 5.74) is -0.701. The summed E-state index contributed by atoms with van der Waals surface area (Å²) in [6.07, 6.45) is -2.11. The average molecular weight is 314 g/mol. The predicted octanol–water partition coefficient (Wildman–Crippen LogP) is 0.494. The minimum atomic E-state index is -1.15. The van der Waals surface area contributed by atoms with Gasteiger partial charge in [-0.25, -0.2) is 9.59 Å². The van der Waals surface area contributed by atoms with Crippen molar-refractivity contribution in [2.45, 2.75) is 58.8 Å². The van der Waals surface area contributed by atoms with Crippen molar-refractivity contribution in [3.63, 3.8) is 0 Å². The Balaban J connectivity index is 2.66. The molecule has 0 aliphatic carbocycles. The number of carbonyl (C=O) groups is 4. The Kier molecular flexibility index (Phi) is 5.51. The average Bonchev–Trinajstić information content (AvgIpc) is 2.62. The van der Waals surface area contributed by atoms with Crippen molar-refractivity contribution in [3.8, 4) is 0 Å². The van der Waals surface area contributed by atoms with Gasteiger partial charge in [-0.2, -0.15) is 0 Å². The van der Waals surface area contributed by atoms with Crippen LogP contribution in [0, 0.1) is 5.92 Å². The van der Waals surface area contributed by atoms with Crippen LogP contribution in [0.4, 0.5) is 4.79 Å². The van der Waals surface area contributed by atoms with Gasteiger partial charge in [0.2, 0.25) is 5.91 Å². The van der Waals surface area contributed by atoms with E-state index in [-0.39, 0.29) is 12.3 Å². The van der Waals surface area contributed by atoms with Crippen molar-refractivity contribution < 1.29 is 28.7 Å². The number of imide groups is 1. The fourth-order valence-corrected chi connectivity index (χ4v) is 1.77. The van der Waals surface area contributed by atoms with Crippen LogP contribution in [0.1, 0.15) is 41.0 Å². The summed E-state index contributed by atoms with van der Waals surface area (Å²) in [6, 6.07) is -0.974. The van der Waals surface area contributed by atoms with Gasteiger partial charge in [0.25, 0.3) is 5.91 Å². The minimum Gasteiger partial charge on any atom is -0.450 e. The van der Waals surface area contributed by atoms with E-state index in [4.69, 9.17) is 9.47 Å². The second kappa shape index (κ2) is 6.76. The summed E-state index contributed by atoms with van der Waals surface area (Å²) in [7, 11) is 0. The van der Waals surface area contributed by atoms with Gasteiger partial charge in [0.05, 0.1) is 6.42 Å². The predicted molar refractivity (Wildman–Crippen MR) is 75.6 cm³/mol.